The molecule has 2 amide bonds. The van der Waals surface area contributed by atoms with Crippen molar-refractivity contribution in [2.45, 2.75) is 44.7 Å². The molecule has 0 bridgehead atoms. The lowest BCUT2D eigenvalue weighted by Gasteiger charge is -2.36. The van der Waals surface area contributed by atoms with E-state index in [0.717, 1.165) is 18.5 Å². The molecule has 0 N–H and O–H groups in total. The molecule has 2 aliphatic rings. The van der Waals surface area contributed by atoms with E-state index in [0.29, 0.717) is 37.7 Å². The number of likely N-dealkylation sites (tertiary alicyclic amines) is 1. The van der Waals surface area contributed by atoms with Crippen LogP contribution in [0.3, 0.4) is 0 Å². The predicted octanol–water partition coefficient (Wildman–Crippen LogP) is 3.28. The topological polar surface area (TPSA) is 66.7 Å². The summed E-state index contributed by atoms with van der Waals surface area (Å²) in [4.78, 5) is 34.0. The van der Waals surface area contributed by atoms with Gasteiger partial charge in [0, 0.05) is 31.2 Å². The zero-order valence-corrected chi connectivity index (χ0v) is 15.6. The molecule has 0 spiro atoms. The van der Waals surface area contributed by atoms with E-state index < -0.39 is 0 Å². The van der Waals surface area contributed by atoms with E-state index in [1.54, 1.807) is 23.2 Å². The number of amides is 2. The molecule has 2 fully saturated rings. The van der Waals surface area contributed by atoms with E-state index in [2.05, 4.69) is 11.9 Å². The third kappa shape index (κ3) is 3.75. The highest BCUT2D eigenvalue weighted by atomic mass is 16.3. The monoisotopic (exact) mass is 367 g/mol. The summed E-state index contributed by atoms with van der Waals surface area (Å²) in [5.74, 6) is 0.452. The van der Waals surface area contributed by atoms with Crippen molar-refractivity contribution in [1.82, 2.24) is 14.8 Å². The van der Waals surface area contributed by atoms with E-state index in [1.807, 2.05) is 23.1 Å². The van der Waals surface area contributed by atoms with Crippen molar-refractivity contribution in [3.63, 3.8) is 0 Å². The van der Waals surface area contributed by atoms with Gasteiger partial charge in [0.25, 0.3) is 5.91 Å². The molecule has 2 aromatic heterocycles. The summed E-state index contributed by atoms with van der Waals surface area (Å²) in [7, 11) is 0. The lowest BCUT2D eigenvalue weighted by molar-refractivity contribution is -0.140. The van der Waals surface area contributed by atoms with E-state index in [1.165, 1.54) is 6.26 Å². The second kappa shape index (κ2) is 7.55. The van der Waals surface area contributed by atoms with Gasteiger partial charge < -0.3 is 14.2 Å². The van der Waals surface area contributed by atoms with Crippen molar-refractivity contribution in [3.8, 4) is 0 Å². The Morgan fingerprint density at radius 2 is 1.93 bits per heavy atom. The quantitative estimate of drug-likeness (QED) is 0.813. The van der Waals surface area contributed by atoms with Crippen LogP contribution >= 0.6 is 0 Å². The number of aromatic nitrogens is 1. The highest BCUT2D eigenvalue weighted by Crippen LogP contribution is 2.36. The van der Waals surface area contributed by atoms with Gasteiger partial charge in [-0.05, 0) is 56.9 Å². The molecule has 0 radical (unpaired) electrons. The van der Waals surface area contributed by atoms with Gasteiger partial charge in [0.15, 0.2) is 5.76 Å². The first kappa shape index (κ1) is 17.8. The molecule has 6 nitrogen and oxygen atoms in total. The van der Waals surface area contributed by atoms with Gasteiger partial charge in [-0.1, -0.05) is 6.07 Å². The fraction of sp³-hybridized carbons (Fsp3) is 0.476. The molecule has 0 aromatic carbocycles. The largest absolute Gasteiger partial charge is 0.459 e. The number of pyridine rings is 1. The van der Waals surface area contributed by atoms with Gasteiger partial charge in [0.2, 0.25) is 5.91 Å². The fourth-order valence-electron chi connectivity index (χ4n) is 3.90. The molecular weight excluding hydrogens is 342 g/mol. The summed E-state index contributed by atoms with van der Waals surface area (Å²) in [5.41, 5.74) is 0.934. The molecule has 1 aliphatic heterocycles. The molecule has 1 aliphatic carbocycles. The molecule has 142 valence electrons. The van der Waals surface area contributed by atoms with Gasteiger partial charge in [-0.15, -0.1) is 0 Å². The number of carbonyl (C=O) groups is 2. The van der Waals surface area contributed by atoms with Crippen LogP contribution in [0.1, 0.15) is 54.9 Å². The molecule has 1 atom stereocenters. The number of rotatable bonds is 5. The number of carbonyl (C=O) groups excluding carboxylic acids is 2. The van der Waals surface area contributed by atoms with Crippen molar-refractivity contribution in [2.75, 3.05) is 13.1 Å². The summed E-state index contributed by atoms with van der Waals surface area (Å²) >= 11 is 0. The predicted molar refractivity (Wildman–Crippen MR) is 99.9 cm³/mol. The summed E-state index contributed by atoms with van der Waals surface area (Å²) in [6.45, 7) is 3.24. The van der Waals surface area contributed by atoms with Crippen molar-refractivity contribution >= 4 is 11.8 Å². The van der Waals surface area contributed by atoms with Crippen LogP contribution in [-0.4, -0.2) is 45.7 Å². The third-order valence-electron chi connectivity index (χ3n) is 5.59. The standard InChI is InChI=1S/C21H25N3O3/c1-15(18-5-2-3-11-22-18)24(17-7-8-17)20(25)16-9-12-23(13-10-16)21(26)19-6-4-14-27-19/h2-6,11,14-17H,7-10,12-13H2,1H3. The first-order chi connectivity index (χ1) is 13.1. The minimum absolute atomic E-state index is 0.0195. The average Bonchev–Trinajstić information content (AvgIpc) is 3.39. The van der Waals surface area contributed by atoms with Crippen molar-refractivity contribution in [2.24, 2.45) is 5.92 Å². The van der Waals surface area contributed by atoms with Crippen molar-refractivity contribution in [1.29, 1.82) is 0 Å². The van der Waals surface area contributed by atoms with Crippen LogP contribution in [0.2, 0.25) is 0 Å². The highest BCUT2D eigenvalue weighted by Gasteiger charge is 2.40. The molecule has 1 saturated heterocycles. The van der Waals surface area contributed by atoms with Crippen molar-refractivity contribution in [3.05, 3.63) is 54.2 Å². The molecular formula is C21H25N3O3. The Morgan fingerprint density at radius 3 is 2.52 bits per heavy atom. The maximum atomic E-state index is 13.3. The summed E-state index contributed by atoms with van der Waals surface area (Å²) in [6.07, 6.45) is 6.82. The molecule has 27 heavy (non-hydrogen) atoms. The number of furan rings is 1. The minimum atomic E-state index is -0.0909. The Morgan fingerprint density at radius 1 is 1.15 bits per heavy atom. The first-order valence-electron chi connectivity index (χ1n) is 9.71. The van der Waals surface area contributed by atoms with E-state index in [-0.39, 0.29) is 23.8 Å². The van der Waals surface area contributed by atoms with Gasteiger partial charge in [0.05, 0.1) is 18.0 Å². The smallest absolute Gasteiger partial charge is 0.289 e. The zero-order valence-electron chi connectivity index (χ0n) is 15.6. The van der Waals surface area contributed by atoms with Gasteiger partial charge >= 0.3 is 0 Å². The van der Waals surface area contributed by atoms with Crippen LogP contribution in [0.5, 0.6) is 0 Å². The van der Waals surface area contributed by atoms with Crippen LogP contribution in [0, 0.1) is 5.92 Å². The third-order valence-corrected chi connectivity index (χ3v) is 5.59. The Bertz CT molecular complexity index is 778. The summed E-state index contributed by atoms with van der Waals surface area (Å²) in [5, 5.41) is 0. The zero-order chi connectivity index (χ0) is 18.8. The summed E-state index contributed by atoms with van der Waals surface area (Å²) in [6, 6.07) is 9.56. The average molecular weight is 367 g/mol. The Hall–Kier alpha value is -2.63. The van der Waals surface area contributed by atoms with Crippen LogP contribution in [0.4, 0.5) is 0 Å². The van der Waals surface area contributed by atoms with Gasteiger partial charge in [-0.25, -0.2) is 0 Å². The fourth-order valence-corrected chi connectivity index (χ4v) is 3.90. The summed E-state index contributed by atoms with van der Waals surface area (Å²) < 4.78 is 5.21. The van der Waals surface area contributed by atoms with Crippen LogP contribution in [0.25, 0.3) is 0 Å². The number of piperidine rings is 1. The van der Waals surface area contributed by atoms with Crippen LogP contribution in [-0.2, 0) is 4.79 Å². The molecule has 3 heterocycles. The Balaban J connectivity index is 1.41. The number of nitrogens with zero attached hydrogens (tertiary/aromatic N) is 3. The second-order valence-corrected chi connectivity index (χ2v) is 7.45. The molecule has 4 rings (SSSR count). The van der Waals surface area contributed by atoms with Gasteiger partial charge in [0.1, 0.15) is 0 Å². The Kier molecular flexibility index (Phi) is 4.97. The minimum Gasteiger partial charge on any atom is -0.459 e. The molecule has 6 heteroatoms. The van der Waals surface area contributed by atoms with Crippen LogP contribution in [0.15, 0.2) is 47.2 Å². The second-order valence-electron chi connectivity index (χ2n) is 7.45. The van der Waals surface area contributed by atoms with E-state index >= 15 is 0 Å². The lowest BCUT2D eigenvalue weighted by Crippen LogP contribution is -2.45. The molecule has 1 unspecified atom stereocenters. The first-order valence-corrected chi connectivity index (χ1v) is 9.71. The van der Waals surface area contributed by atoms with E-state index in [9.17, 15) is 9.59 Å². The number of hydrogen-bond acceptors (Lipinski definition) is 4. The molecule has 1 saturated carbocycles. The van der Waals surface area contributed by atoms with Gasteiger partial charge in [-0.3, -0.25) is 14.6 Å². The van der Waals surface area contributed by atoms with Gasteiger partial charge in [-0.2, -0.15) is 0 Å². The highest BCUT2D eigenvalue weighted by molar-refractivity contribution is 5.91. The maximum absolute atomic E-state index is 13.3. The lowest BCUT2D eigenvalue weighted by atomic mass is 9.94. The molecule has 2 aromatic rings. The van der Waals surface area contributed by atoms with E-state index in [4.69, 9.17) is 4.42 Å². The normalized spacial score (nSPS) is 18.9. The Labute approximate surface area is 159 Å². The number of hydrogen-bond donors (Lipinski definition) is 0. The van der Waals surface area contributed by atoms with Crippen LogP contribution < -0.4 is 0 Å². The maximum Gasteiger partial charge on any atom is 0.289 e. The van der Waals surface area contributed by atoms with Crippen molar-refractivity contribution < 1.29 is 14.0 Å². The SMILES string of the molecule is CC(c1ccccn1)N(C(=O)C1CCN(C(=O)c2ccco2)CC1)C1CC1.